The maximum Gasteiger partial charge on any atom is 0.321 e. The molecule has 0 bridgehead atoms. The summed E-state index contributed by atoms with van der Waals surface area (Å²) in [5.41, 5.74) is 3.27. The Morgan fingerprint density at radius 2 is 2.15 bits per heavy atom. The molecule has 0 radical (unpaired) electrons. The maximum absolute atomic E-state index is 12.1. The van der Waals surface area contributed by atoms with Crippen LogP contribution >= 0.6 is 0 Å². The molecule has 13 heavy (non-hydrogen) atoms. The molecule has 1 amide bonds. The summed E-state index contributed by atoms with van der Waals surface area (Å²) in [5.74, 6) is -1.01. The first-order chi connectivity index (χ1) is 6.04. The molecule has 4 nitrogen and oxygen atoms in total. The van der Waals surface area contributed by atoms with Gasteiger partial charge in [-0.1, -0.05) is 0 Å². The van der Waals surface area contributed by atoms with Crippen LogP contribution < -0.4 is 11.3 Å². The van der Waals surface area contributed by atoms with Crippen molar-refractivity contribution in [3.8, 4) is 0 Å². The molecule has 70 valence electrons. The van der Waals surface area contributed by atoms with Crippen LogP contribution in [0.25, 0.3) is 0 Å². The van der Waals surface area contributed by atoms with Gasteiger partial charge in [-0.3, -0.25) is 14.2 Å². The molecule has 0 saturated heterocycles. The van der Waals surface area contributed by atoms with Crippen molar-refractivity contribution in [1.29, 1.82) is 0 Å². The van der Waals surface area contributed by atoms with E-state index in [1.165, 1.54) is 0 Å². The molecule has 0 unspecified atom stereocenters. The van der Waals surface area contributed by atoms with Gasteiger partial charge in [0, 0.05) is 6.20 Å². The Labute approximate surface area is 71.6 Å². The van der Waals surface area contributed by atoms with Gasteiger partial charge in [-0.25, -0.2) is 0 Å². The fourth-order valence-corrected chi connectivity index (χ4v) is 0.851. The monoisotopic (exact) mass is 188 g/mol. The van der Waals surface area contributed by atoms with E-state index >= 15 is 0 Å². The maximum atomic E-state index is 12.1. The zero-order valence-corrected chi connectivity index (χ0v) is 6.41. The van der Waals surface area contributed by atoms with Gasteiger partial charge in [0.05, 0.1) is 0 Å². The summed E-state index contributed by atoms with van der Waals surface area (Å²) in [7, 11) is 0. The number of aromatic nitrogens is 1. The van der Waals surface area contributed by atoms with Gasteiger partial charge in [-0.2, -0.15) is 8.78 Å². The lowest BCUT2D eigenvalue weighted by molar-refractivity contribution is 0.0659. The van der Waals surface area contributed by atoms with Gasteiger partial charge in [0.2, 0.25) is 0 Å². The van der Waals surface area contributed by atoms with Gasteiger partial charge < -0.3 is 5.73 Å². The predicted molar refractivity (Wildman–Crippen MR) is 40.5 cm³/mol. The van der Waals surface area contributed by atoms with Crippen LogP contribution in [0.5, 0.6) is 0 Å². The van der Waals surface area contributed by atoms with E-state index in [4.69, 9.17) is 5.73 Å². The minimum absolute atomic E-state index is 0.139. The van der Waals surface area contributed by atoms with Gasteiger partial charge in [0.1, 0.15) is 5.56 Å². The molecule has 0 fully saturated rings. The van der Waals surface area contributed by atoms with E-state index in [2.05, 4.69) is 0 Å². The van der Waals surface area contributed by atoms with Crippen LogP contribution in [0.3, 0.4) is 0 Å². The molecule has 2 N–H and O–H groups in total. The number of hydrogen-bond acceptors (Lipinski definition) is 2. The second-order valence-corrected chi connectivity index (χ2v) is 2.28. The van der Waals surface area contributed by atoms with Crippen LogP contribution in [-0.2, 0) is 0 Å². The molecule has 1 aromatic heterocycles. The van der Waals surface area contributed by atoms with Crippen molar-refractivity contribution in [2.75, 3.05) is 0 Å². The number of amides is 1. The Bertz CT molecular complexity index is 386. The topological polar surface area (TPSA) is 65.1 Å². The summed E-state index contributed by atoms with van der Waals surface area (Å²) in [6.45, 7) is -2.97. The quantitative estimate of drug-likeness (QED) is 0.727. The number of nitrogens with zero attached hydrogens (tertiary/aromatic N) is 1. The molecule has 0 saturated carbocycles. The molecule has 0 aliphatic carbocycles. The highest BCUT2D eigenvalue weighted by molar-refractivity contribution is 5.92. The molecular weight excluding hydrogens is 182 g/mol. The number of rotatable bonds is 2. The van der Waals surface area contributed by atoms with E-state index in [0.717, 1.165) is 18.3 Å². The van der Waals surface area contributed by atoms with Crippen molar-refractivity contribution in [2.45, 2.75) is 6.55 Å². The van der Waals surface area contributed by atoms with Crippen LogP contribution in [0.4, 0.5) is 8.78 Å². The molecule has 1 heterocycles. The molecule has 0 aliphatic heterocycles. The fourth-order valence-electron chi connectivity index (χ4n) is 0.851. The number of nitrogens with two attached hydrogens (primary N) is 1. The highest BCUT2D eigenvalue weighted by Gasteiger charge is 2.12. The second kappa shape index (κ2) is 3.34. The summed E-state index contributed by atoms with van der Waals surface area (Å²) in [6.07, 6.45) is 0.888. The first-order valence-corrected chi connectivity index (χ1v) is 3.33. The number of alkyl halides is 2. The van der Waals surface area contributed by atoms with Gasteiger partial charge in [-0.15, -0.1) is 0 Å². The Hall–Kier alpha value is -1.72. The first-order valence-electron chi connectivity index (χ1n) is 3.33. The molecule has 0 spiro atoms. The largest absolute Gasteiger partial charge is 0.365 e. The normalized spacial score (nSPS) is 10.4. The second-order valence-electron chi connectivity index (χ2n) is 2.28. The summed E-state index contributed by atoms with van der Waals surface area (Å²) in [5, 5.41) is 0. The molecular formula is C7H6F2N2O2. The average molecular weight is 188 g/mol. The third-order valence-electron chi connectivity index (χ3n) is 1.45. The van der Waals surface area contributed by atoms with Crippen molar-refractivity contribution < 1.29 is 13.6 Å². The summed E-state index contributed by atoms with van der Waals surface area (Å²) >= 11 is 0. The van der Waals surface area contributed by atoms with Crippen molar-refractivity contribution in [3.63, 3.8) is 0 Å². The standard InChI is InChI=1S/C7H6F2N2O2/c8-7(9)11-3-1-2-4(5(10)12)6(11)13/h1-3,7H,(H2,10,12). The van der Waals surface area contributed by atoms with Crippen LogP contribution in [0, 0.1) is 0 Å². The van der Waals surface area contributed by atoms with E-state index in [-0.39, 0.29) is 4.57 Å². The van der Waals surface area contributed by atoms with Crippen LogP contribution in [0.1, 0.15) is 16.9 Å². The third-order valence-corrected chi connectivity index (χ3v) is 1.45. The van der Waals surface area contributed by atoms with Crippen molar-refractivity contribution >= 4 is 5.91 Å². The van der Waals surface area contributed by atoms with Crippen LogP contribution in [0.15, 0.2) is 23.1 Å². The zero-order valence-electron chi connectivity index (χ0n) is 6.41. The number of carbonyl (C=O) groups excluding carboxylic acids is 1. The van der Waals surface area contributed by atoms with Crippen molar-refractivity contribution in [1.82, 2.24) is 4.57 Å². The summed E-state index contributed by atoms with van der Waals surface area (Å²) in [4.78, 5) is 21.6. The van der Waals surface area contributed by atoms with Crippen molar-refractivity contribution in [2.24, 2.45) is 5.73 Å². The number of hydrogen-bond donors (Lipinski definition) is 1. The molecule has 1 rings (SSSR count). The van der Waals surface area contributed by atoms with E-state index in [0.29, 0.717) is 0 Å². The third kappa shape index (κ3) is 1.71. The van der Waals surface area contributed by atoms with Crippen LogP contribution in [-0.4, -0.2) is 10.5 Å². The predicted octanol–water partition coefficient (Wildman–Crippen LogP) is 0.342. The lowest BCUT2D eigenvalue weighted by Crippen LogP contribution is -2.29. The summed E-state index contributed by atoms with van der Waals surface area (Å²) < 4.78 is 24.3. The fraction of sp³-hybridized carbons (Fsp3) is 0.143. The van der Waals surface area contributed by atoms with Gasteiger partial charge in [-0.05, 0) is 12.1 Å². The van der Waals surface area contributed by atoms with E-state index in [1.807, 2.05) is 0 Å². The number of carbonyl (C=O) groups is 1. The summed E-state index contributed by atoms with van der Waals surface area (Å²) in [6, 6.07) is 2.26. The molecule has 1 aromatic rings. The Balaban J connectivity index is 3.36. The molecule has 0 atom stereocenters. The van der Waals surface area contributed by atoms with Crippen LogP contribution in [0.2, 0.25) is 0 Å². The number of halogens is 2. The highest BCUT2D eigenvalue weighted by atomic mass is 19.3. The lowest BCUT2D eigenvalue weighted by atomic mass is 10.3. The number of pyridine rings is 1. The van der Waals surface area contributed by atoms with E-state index < -0.39 is 23.6 Å². The Morgan fingerprint density at radius 3 is 2.62 bits per heavy atom. The van der Waals surface area contributed by atoms with E-state index in [9.17, 15) is 18.4 Å². The minimum atomic E-state index is -2.97. The molecule has 6 heteroatoms. The van der Waals surface area contributed by atoms with Gasteiger partial charge in [0.25, 0.3) is 11.5 Å². The minimum Gasteiger partial charge on any atom is -0.365 e. The van der Waals surface area contributed by atoms with E-state index in [1.54, 1.807) is 0 Å². The number of primary amides is 1. The Kier molecular flexibility index (Phi) is 2.41. The highest BCUT2D eigenvalue weighted by Crippen LogP contribution is 2.05. The van der Waals surface area contributed by atoms with Crippen molar-refractivity contribution in [3.05, 3.63) is 34.2 Å². The lowest BCUT2D eigenvalue weighted by Gasteiger charge is -2.03. The molecule has 0 aliphatic rings. The van der Waals surface area contributed by atoms with Gasteiger partial charge >= 0.3 is 6.55 Å². The first kappa shape index (κ1) is 9.37. The molecule has 0 aromatic carbocycles. The SMILES string of the molecule is NC(=O)c1cccn(C(F)F)c1=O. The zero-order chi connectivity index (χ0) is 10.0. The average Bonchev–Trinajstić information content (AvgIpc) is 2.03. The van der Waals surface area contributed by atoms with Gasteiger partial charge in [0.15, 0.2) is 0 Å². The Morgan fingerprint density at radius 1 is 1.54 bits per heavy atom. The smallest absolute Gasteiger partial charge is 0.321 e.